The van der Waals surface area contributed by atoms with Gasteiger partial charge in [-0.25, -0.2) is 19.3 Å². The van der Waals surface area contributed by atoms with Crippen LogP contribution in [0.3, 0.4) is 0 Å². The molecule has 4 rings (SSSR count). The zero-order chi connectivity index (χ0) is 17.2. The lowest BCUT2D eigenvalue weighted by atomic mass is 9.91. The Labute approximate surface area is 147 Å². The maximum absolute atomic E-state index is 12.2. The lowest BCUT2D eigenvalue weighted by Crippen LogP contribution is -2.33. The third kappa shape index (κ3) is 3.43. The van der Waals surface area contributed by atoms with Crippen molar-refractivity contribution >= 4 is 16.7 Å². The van der Waals surface area contributed by atoms with Crippen LogP contribution in [0.1, 0.15) is 37.5 Å². The van der Waals surface area contributed by atoms with Crippen LogP contribution in [0.2, 0.25) is 0 Å². The summed E-state index contributed by atoms with van der Waals surface area (Å²) in [6.07, 6.45) is 6.73. The molecule has 0 saturated heterocycles. The molecule has 130 valence electrons. The molecule has 1 N–H and O–H groups in total. The Morgan fingerprint density at radius 2 is 2.08 bits per heavy atom. The summed E-state index contributed by atoms with van der Waals surface area (Å²) < 4.78 is 7.33. The van der Waals surface area contributed by atoms with E-state index in [0.717, 1.165) is 36.6 Å². The van der Waals surface area contributed by atoms with E-state index in [4.69, 9.17) is 0 Å². The molecule has 3 aromatic heterocycles. The smallest absolute Gasteiger partial charge is 0.267 e. The molecule has 10 heteroatoms. The predicted molar refractivity (Wildman–Crippen MR) is 93.0 cm³/mol. The molecule has 1 fully saturated rings. The normalized spacial score (nSPS) is 20.5. The van der Waals surface area contributed by atoms with Crippen molar-refractivity contribution in [3.8, 4) is 5.82 Å². The summed E-state index contributed by atoms with van der Waals surface area (Å²) in [6, 6.07) is 3.67. The van der Waals surface area contributed by atoms with E-state index in [2.05, 4.69) is 29.9 Å². The first-order valence-corrected chi connectivity index (χ1v) is 8.98. The highest BCUT2D eigenvalue weighted by molar-refractivity contribution is 7.09. The second kappa shape index (κ2) is 6.71. The second-order valence-corrected chi connectivity index (χ2v) is 6.86. The summed E-state index contributed by atoms with van der Waals surface area (Å²) >= 11 is 1.39. The molecule has 0 bridgehead atoms. The van der Waals surface area contributed by atoms with E-state index in [0.29, 0.717) is 11.9 Å². The number of anilines is 1. The third-order valence-electron chi connectivity index (χ3n) is 4.36. The van der Waals surface area contributed by atoms with Gasteiger partial charge in [-0.1, -0.05) is 0 Å². The van der Waals surface area contributed by atoms with Crippen molar-refractivity contribution in [1.82, 2.24) is 33.9 Å². The SMILES string of the molecule is Cc1nsc(NC2CCC(n3nc(-n4cncn4)ccc3=O)CC2)n1. The largest absolute Gasteiger partial charge is 0.358 e. The van der Waals surface area contributed by atoms with E-state index in [9.17, 15) is 4.79 Å². The van der Waals surface area contributed by atoms with Gasteiger partial charge in [-0.15, -0.1) is 5.10 Å². The fourth-order valence-electron chi connectivity index (χ4n) is 3.12. The number of hydrogen-bond donors (Lipinski definition) is 1. The molecular weight excluding hydrogens is 340 g/mol. The minimum atomic E-state index is -0.0833. The van der Waals surface area contributed by atoms with Crippen molar-refractivity contribution in [3.63, 3.8) is 0 Å². The van der Waals surface area contributed by atoms with Gasteiger partial charge in [-0.05, 0) is 38.7 Å². The number of aromatic nitrogens is 7. The standard InChI is InChI=1S/C15H18N8OS/c1-10-18-15(25-21-10)19-11-2-4-12(5-3-11)23-14(24)7-6-13(20-23)22-9-16-8-17-22/h6-9,11-12H,2-5H2,1H3,(H,18,19,21). The Bertz CT molecular complexity index is 894. The van der Waals surface area contributed by atoms with E-state index in [1.54, 1.807) is 27.8 Å². The molecular formula is C15H18N8OS. The highest BCUT2D eigenvalue weighted by Gasteiger charge is 2.24. The first kappa shape index (κ1) is 15.9. The molecule has 9 nitrogen and oxygen atoms in total. The van der Waals surface area contributed by atoms with Gasteiger partial charge in [-0.3, -0.25) is 4.79 Å². The van der Waals surface area contributed by atoms with E-state index < -0.39 is 0 Å². The number of nitrogens with zero attached hydrogens (tertiary/aromatic N) is 7. The third-order valence-corrected chi connectivity index (χ3v) is 5.10. The minimum Gasteiger partial charge on any atom is -0.358 e. The van der Waals surface area contributed by atoms with Crippen molar-refractivity contribution < 1.29 is 0 Å². The van der Waals surface area contributed by atoms with Gasteiger partial charge in [0.1, 0.15) is 18.5 Å². The van der Waals surface area contributed by atoms with Gasteiger partial charge in [0, 0.05) is 23.6 Å². The average molecular weight is 358 g/mol. The summed E-state index contributed by atoms with van der Waals surface area (Å²) in [5, 5.41) is 12.8. The van der Waals surface area contributed by atoms with Crippen LogP contribution in [0.25, 0.3) is 5.82 Å². The van der Waals surface area contributed by atoms with Crippen LogP contribution >= 0.6 is 11.5 Å². The summed E-state index contributed by atoms with van der Waals surface area (Å²) in [6.45, 7) is 1.89. The molecule has 3 aromatic rings. The molecule has 3 heterocycles. The molecule has 0 radical (unpaired) electrons. The quantitative estimate of drug-likeness (QED) is 0.755. The van der Waals surface area contributed by atoms with Gasteiger partial charge in [-0.2, -0.15) is 9.47 Å². The molecule has 1 aliphatic carbocycles. The van der Waals surface area contributed by atoms with E-state index in [-0.39, 0.29) is 11.6 Å². The fraction of sp³-hybridized carbons (Fsp3) is 0.467. The van der Waals surface area contributed by atoms with Gasteiger partial charge < -0.3 is 5.32 Å². The van der Waals surface area contributed by atoms with Gasteiger partial charge >= 0.3 is 0 Å². The average Bonchev–Trinajstić information content (AvgIpc) is 3.28. The Morgan fingerprint density at radius 3 is 2.76 bits per heavy atom. The van der Waals surface area contributed by atoms with Crippen molar-refractivity contribution in [2.24, 2.45) is 0 Å². The van der Waals surface area contributed by atoms with Gasteiger partial charge in [0.05, 0.1) is 6.04 Å². The Kier molecular flexibility index (Phi) is 4.26. The summed E-state index contributed by atoms with van der Waals surface area (Å²) in [5.41, 5.74) is -0.0833. The maximum Gasteiger partial charge on any atom is 0.267 e. The highest BCUT2D eigenvalue weighted by Crippen LogP contribution is 2.29. The molecule has 25 heavy (non-hydrogen) atoms. The number of hydrogen-bond acceptors (Lipinski definition) is 8. The first-order chi connectivity index (χ1) is 12.2. The zero-order valence-electron chi connectivity index (χ0n) is 13.7. The van der Waals surface area contributed by atoms with Crippen LogP contribution < -0.4 is 10.9 Å². The summed E-state index contributed by atoms with van der Waals surface area (Å²) in [7, 11) is 0. The maximum atomic E-state index is 12.2. The van der Waals surface area contributed by atoms with Crippen LogP contribution in [-0.4, -0.2) is 39.9 Å². The molecule has 1 aliphatic rings. The Hall–Kier alpha value is -2.62. The molecule has 0 unspecified atom stereocenters. The van der Waals surface area contributed by atoms with Crippen molar-refractivity contribution in [2.75, 3.05) is 5.32 Å². The summed E-state index contributed by atoms with van der Waals surface area (Å²) in [4.78, 5) is 20.5. The fourth-order valence-corrected chi connectivity index (χ4v) is 3.77. The number of aryl methyl sites for hydroxylation is 1. The lowest BCUT2D eigenvalue weighted by Gasteiger charge is -2.29. The molecule has 0 amide bonds. The van der Waals surface area contributed by atoms with Crippen LogP contribution in [0.4, 0.5) is 5.13 Å². The first-order valence-electron chi connectivity index (χ1n) is 8.21. The minimum absolute atomic E-state index is 0.0833. The van der Waals surface area contributed by atoms with E-state index >= 15 is 0 Å². The monoisotopic (exact) mass is 358 g/mol. The second-order valence-electron chi connectivity index (χ2n) is 6.11. The highest BCUT2D eigenvalue weighted by atomic mass is 32.1. The zero-order valence-corrected chi connectivity index (χ0v) is 14.6. The Morgan fingerprint density at radius 1 is 1.24 bits per heavy atom. The molecule has 1 saturated carbocycles. The molecule has 0 spiro atoms. The van der Waals surface area contributed by atoms with Gasteiger partial charge in [0.25, 0.3) is 5.56 Å². The van der Waals surface area contributed by atoms with Crippen molar-refractivity contribution in [3.05, 3.63) is 41.0 Å². The van der Waals surface area contributed by atoms with E-state index in [1.807, 2.05) is 6.92 Å². The van der Waals surface area contributed by atoms with Crippen molar-refractivity contribution in [2.45, 2.75) is 44.7 Å². The number of nitrogens with one attached hydrogen (secondary N) is 1. The van der Waals surface area contributed by atoms with Crippen LogP contribution in [0, 0.1) is 6.92 Å². The van der Waals surface area contributed by atoms with Gasteiger partial charge in [0.2, 0.25) is 5.13 Å². The topological polar surface area (TPSA) is 103 Å². The van der Waals surface area contributed by atoms with E-state index in [1.165, 1.54) is 17.9 Å². The van der Waals surface area contributed by atoms with Crippen LogP contribution in [0.5, 0.6) is 0 Å². The summed E-state index contributed by atoms with van der Waals surface area (Å²) in [5.74, 6) is 1.39. The molecule has 0 atom stereocenters. The molecule has 0 aromatic carbocycles. The van der Waals surface area contributed by atoms with Crippen LogP contribution in [0.15, 0.2) is 29.6 Å². The molecule has 0 aliphatic heterocycles. The predicted octanol–water partition coefficient (Wildman–Crippen LogP) is 1.58. The lowest BCUT2D eigenvalue weighted by molar-refractivity contribution is 0.303. The number of rotatable bonds is 4. The van der Waals surface area contributed by atoms with Crippen LogP contribution in [-0.2, 0) is 0 Å². The van der Waals surface area contributed by atoms with Crippen molar-refractivity contribution in [1.29, 1.82) is 0 Å². The Balaban J connectivity index is 1.45. The van der Waals surface area contributed by atoms with Gasteiger partial charge in [0.15, 0.2) is 5.82 Å².